The van der Waals surface area contributed by atoms with Crippen molar-refractivity contribution in [1.29, 1.82) is 0 Å². The van der Waals surface area contributed by atoms with Crippen LogP contribution in [-0.2, 0) is 4.79 Å². The Morgan fingerprint density at radius 2 is 2.00 bits per heavy atom. The molecule has 0 spiro atoms. The lowest BCUT2D eigenvalue weighted by atomic mass is 10.2. The Hall–Kier alpha value is -2.04. The van der Waals surface area contributed by atoms with Gasteiger partial charge in [0.25, 0.3) is 0 Å². The average Bonchev–Trinajstić information content (AvgIpc) is 2.17. The van der Waals surface area contributed by atoms with Crippen LogP contribution < -0.4 is 16.0 Å². The summed E-state index contributed by atoms with van der Waals surface area (Å²) in [7, 11) is 1.64. The van der Waals surface area contributed by atoms with E-state index >= 15 is 0 Å². The van der Waals surface area contributed by atoms with Crippen molar-refractivity contribution in [3.05, 3.63) is 24.3 Å². The standard InChI is InChI=1S/C9H11N3O2/c1-12(6-13)8-4-2-7(3-5-8)11-9(10)14/h2-6H,1H3,(H3,10,11,14). The van der Waals surface area contributed by atoms with Crippen molar-refractivity contribution < 1.29 is 9.59 Å². The SMILES string of the molecule is CN(C=O)c1ccc(NC(N)=O)cc1. The van der Waals surface area contributed by atoms with Crippen LogP contribution in [0, 0.1) is 0 Å². The van der Waals surface area contributed by atoms with Crippen LogP contribution in [0.5, 0.6) is 0 Å². The molecule has 5 heteroatoms. The quantitative estimate of drug-likeness (QED) is 0.695. The molecule has 0 aliphatic heterocycles. The molecule has 0 saturated heterocycles. The minimum absolute atomic E-state index is 0.598. The fourth-order valence-corrected chi connectivity index (χ4v) is 0.983. The number of rotatable bonds is 3. The lowest BCUT2D eigenvalue weighted by Gasteiger charge is -2.10. The van der Waals surface area contributed by atoms with Crippen LogP contribution in [0.3, 0.4) is 0 Å². The molecule has 1 rings (SSSR count). The fraction of sp³-hybridized carbons (Fsp3) is 0.111. The summed E-state index contributed by atoms with van der Waals surface area (Å²) in [4.78, 5) is 22.3. The first kappa shape index (κ1) is 10.0. The Bertz CT molecular complexity index is 334. The summed E-state index contributed by atoms with van der Waals surface area (Å²) in [5.41, 5.74) is 6.27. The highest BCUT2D eigenvalue weighted by Crippen LogP contribution is 2.15. The normalized spacial score (nSPS) is 9.21. The van der Waals surface area contributed by atoms with Gasteiger partial charge in [0.15, 0.2) is 0 Å². The van der Waals surface area contributed by atoms with Gasteiger partial charge in [-0.1, -0.05) is 0 Å². The van der Waals surface area contributed by atoms with Crippen molar-refractivity contribution in [2.24, 2.45) is 5.73 Å². The zero-order valence-corrected chi connectivity index (χ0v) is 7.73. The summed E-state index contributed by atoms with van der Waals surface area (Å²) < 4.78 is 0. The van der Waals surface area contributed by atoms with E-state index in [-0.39, 0.29) is 0 Å². The van der Waals surface area contributed by atoms with Gasteiger partial charge in [0.1, 0.15) is 0 Å². The van der Waals surface area contributed by atoms with E-state index < -0.39 is 6.03 Å². The van der Waals surface area contributed by atoms with Gasteiger partial charge in [0.05, 0.1) is 0 Å². The highest BCUT2D eigenvalue weighted by atomic mass is 16.2. The Balaban J connectivity index is 2.78. The Morgan fingerprint density at radius 1 is 1.43 bits per heavy atom. The van der Waals surface area contributed by atoms with E-state index in [1.807, 2.05) is 0 Å². The third kappa shape index (κ3) is 2.48. The molecule has 0 aliphatic rings. The summed E-state index contributed by atoms with van der Waals surface area (Å²) in [6.45, 7) is 0. The third-order valence-electron chi connectivity index (χ3n) is 1.70. The number of carbonyl (C=O) groups excluding carboxylic acids is 2. The van der Waals surface area contributed by atoms with Gasteiger partial charge in [-0.05, 0) is 24.3 Å². The lowest BCUT2D eigenvalue weighted by molar-refractivity contribution is -0.107. The summed E-state index contributed by atoms with van der Waals surface area (Å²) in [5, 5.41) is 2.42. The number of hydrogen-bond donors (Lipinski definition) is 2. The number of primary amides is 1. The topological polar surface area (TPSA) is 75.4 Å². The predicted octanol–water partition coefficient (Wildman–Crippen LogP) is 0.770. The number of nitrogens with two attached hydrogens (primary N) is 1. The summed E-state index contributed by atoms with van der Waals surface area (Å²) in [6, 6.07) is 6.14. The highest BCUT2D eigenvalue weighted by Gasteiger charge is 1.99. The number of hydrogen-bond acceptors (Lipinski definition) is 2. The van der Waals surface area contributed by atoms with E-state index in [0.717, 1.165) is 5.69 Å². The first-order valence-electron chi connectivity index (χ1n) is 3.98. The smallest absolute Gasteiger partial charge is 0.316 e. The zero-order valence-electron chi connectivity index (χ0n) is 7.73. The van der Waals surface area contributed by atoms with E-state index in [1.54, 1.807) is 31.3 Å². The maximum atomic E-state index is 10.5. The average molecular weight is 193 g/mol. The number of amides is 3. The van der Waals surface area contributed by atoms with Gasteiger partial charge in [-0.15, -0.1) is 0 Å². The molecular weight excluding hydrogens is 182 g/mol. The molecule has 0 unspecified atom stereocenters. The number of nitrogens with one attached hydrogen (secondary N) is 1. The summed E-state index contributed by atoms with van der Waals surface area (Å²) in [6.07, 6.45) is 0.705. The molecule has 0 bridgehead atoms. The minimum atomic E-state index is -0.610. The van der Waals surface area contributed by atoms with E-state index in [1.165, 1.54) is 4.90 Å². The van der Waals surface area contributed by atoms with Crippen molar-refractivity contribution in [3.8, 4) is 0 Å². The van der Waals surface area contributed by atoms with Crippen LogP contribution in [-0.4, -0.2) is 19.5 Å². The number of urea groups is 1. The maximum absolute atomic E-state index is 10.5. The zero-order chi connectivity index (χ0) is 10.6. The van der Waals surface area contributed by atoms with E-state index in [4.69, 9.17) is 5.73 Å². The summed E-state index contributed by atoms with van der Waals surface area (Å²) >= 11 is 0. The number of carbonyl (C=O) groups is 2. The van der Waals surface area contributed by atoms with Crippen LogP contribution in [0.1, 0.15) is 0 Å². The first-order chi connectivity index (χ1) is 6.63. The summed E-state index contributed by atoms with van der Waals surface area (Å²) in [5.74, 6) is 0. The molecule has 0 saturated carbocycles. The van der Waals surface area contributed by atoms with Crippen LogP contribution in [0.2, 0.25) is 0 Å². The molecule has 0 fully saturated rings. The molecule has 3 amide bonds. The molecule has 3 N–H and O–H groups in total. The minimum Gasteiger partial charge on any atom is -0.351 e. The van der Waals surface area contributed by atoms with Crippen molar-refractivity contribution in [2.45, 2.75) is 0 Å². The Morgan fingerprint density at radius 3 is 2.43 bits per heavy atom. The van der Waals surface area contributed by atoms with Gasteiger partial charge in [-0.25, -0.2) is 4.79 Å². The van der Waals surface area contributed by atoms with E-state index in [2.05, 4.69) is 5.32 Å². The second-order valence-electron chi connectivity index (χ2n) is 2.75. The molecule has 14 heavy (non-hydrogen) atoms. The Labute approximate surface area is 81.5 Å². The second kappa shape index (κ2) is 4.27. The molecule has 74 valence electrons. The molecule has 5 nitrogen and oxygen atoms in total. The lowest BCUT2D eigenvalue weighted by Crippen LogP contribution is -2.19. The van der Waals surface area contributed by atoms with Gasteiger partial charge in [-0.2, -0.15) is 0 Å². The largest absolute Gasteiger partial charge is 0.351 e. The van der Waals surface area contributed by atoms with Crippen molar-refractivity contribution >= 4 is 23.8 Å². The highest BCUT2D eigenvalue weighted by molar-refractivity contribution is 5.88. The monoisotopic (exact) mass is 193 g/mol. The van der Waals surface area contributed by atoms with Gasteiger partial charge in [0.2, 0.25) is 6.41 Å². The third-order valence-corrected chi connectivity index (χ3v) is 1.70. The molecule has 0 aliphatic carbocycles. The van der Waals surface area contributed by atoms with Crippen molar-refractivity contribution in [1.82, 2.24) is 0 Å². The Kier molecular flexibility index (Phi) is 3.06. The van der Waals surface area contributed by atoms with Crippen LogP contribution in [0.25, 0.3) is 0 Å². The van der Waals surface area contributed by atoms with Crippen LogP contribution in [0.4, 0.5) is 16.2 Å². The van der Waals surface area contributed by atoms with Gasteiger partial charge in [0, 0.05) is 18.4 Å². The van der Waals surface area contributed by atoms with Crippen LogP contribution in [0.15, 0.2) is 24.3 Å². The van der Waals surface area contributed by atoms with Gasteiger partial charge < -0.3 is 16.0 Å². The first-order valence-corrected chi connectivity index (χ1v) is 3.98. The fourth-order valence-electron chi connectivity index (χ4n) is 0.983. The molecule has 0 atom stereocenters. The number of anilines is 2. The van der Waals surface area contributed by atoms with Gasteiger partial charge >= 0.3 is 6.03 Å². The van der Waals surface area contributed by atoms with E-state index in [9.17, 15) is 9.59 Å². The number of benzene rings is 1. The predicted molar refractivity (Wildman–Crippen MR) is 54.1 cm³/mol. The maximum Gasteiger partial charge on any atom is 0.316 e. The van der Waals surface area contributed by atoms with Crippen molar-refractivity contribution in [2.75, 3.05) is 17.3 Å². The van der Waals surface area contributed by atoms with Gasteiger partial charge in [-0.3, -0.25) is 4.79 Å². The molecule has 1 aromatic rings. The van der Waals surface area contributed by atoms with Crippen molar-refractivity contribution in [3.63, 3.8) is 0 Å². The van der Waals surface area contributed by atoms with Crippen LogP contribution >= 0.6 is 0 Å². The molecule has 0 radical (unpaired) electrons. The number of nitrogens with zero attached hydrogens (tertiary/aromatic N) is 1. The molecule has 1 aromatic carbocycles. The van der Waals surface area contributed by atoms with E-state index in [0.29, 0.717) is 12.1 Å². The molecule has 0 aromatic heterocycles. The molecule has 0 heterocycles. The second-order valence-corrected chi connectivity index (χ2v) is 2.75. The molecular formula is C9H11N3O2.